The number of rotatable bonds is 9. The Bertz CT molecular complexity index is 794. The Balaban J connectivity index is 1.65. The van der Waals surface area contributed by atoms with Crippen LogP contribution in [0.1, 0.15) is 51.5 Å². The molecule has 2 atom stereocenters. The number of halogens is 1. The lowest BCUT2D eigenvalue weighted by atomic mass is 9.89. The number of amides is 2. The summed E-state index contributed by atoms with van der Waals surface area (Å²) in [5, 5.41) is 3.00. The quantitative estimate of drug-likeness (QED) is 0.421. The van der Waals surface area contributed by atoms with Crippen molar-refractivity contribution in [2.24, 2.45) is 0 Å². The third-order valence-electron chi connectivity index (χ3n) is 6.15. The molecular formula is C24H34BrN3O3. The predicted molar refractivity (Wildman–Crippen MR) is 126 cm³/mol. The molecule has 2 amide bonds. The van der Waals surface area contributed by atoms with E-state index in [0.717, 1.165) is 61.8 Å². The van der Waals surface area contributed by atoms with Gasteiger partial charge in [-0.1, -0.05) is 48.3 Å². The fraction of sp³-hybridized carbons (Fsp3) is 0.583. The number of nitrogens with zero attached hydrogens (tertiary/aromatic N) is 2. The highest BCUT2D eigenvalue weighted by Crippen LogP contribution is 2.33. The fourth-order valence-corrected chi connectivity index (χ4v) is 4.81. The van der Waals surface area contributed by atoms with Crippen molar-refractivity contribution >= 4 is 33.8 Å². The van der Waals surface area contributed by atoms with Crippen LogP contribution in [0.4, 0.5) is 0 Å². The number of morpholine rings is 1. The van der Waals surface area contributed by atoms with Crippen LogP contribution in [0.15, 0.2) is 34.5 Å². The van der Waals surface area contributed by atoms with Gasteiger partial charge in [0, 0.05) is 11.0 Å². The molecule has 2 aliphatic rings. The predicted octanol–water partition coefficient (Wildman–Crippen LogP) is 3.81. The van der Waals surface area contributed by atoms with Crippen LogP contribution in [0.2, 0.25) is 0 Å². The molecule has 2 unspecified atom stereocenters. The highest BCUT2D eigenvalue weighted by atomic mass is 79.9. The first-order valence-corrected chi connectivity index (χ1v) is 12.2. The van der Waals surface area contributed by atoms with Crippen LogP contribution in [-0.2, 0) is 14.3 Å². The van der Waals surface area contributed by atoms with Crippen LogP contribution in [0.3, 0.4) is 0 Å². The molecule has 0 spiro atoms. The first-order chi connectivity index (χ1) is 15.0. The molecule has 1 saturated carbocycles. The van der Waals surface area contributed by atoms with E-state index in [0.29, 0.717) is 12.3 Å². The van der Waals surface area contributed by atoms with Crippen LogP contribution in [0.25, 0.3) is 6.08 Å². The minimum atomic E-state index is -0.193. The van der Waals surface area contributed by atoms with Crippen molar-refractivity contribution in [1.29, 1.82) is 0 Å². The van der Waals surface area contributed by atoms with Gasteiger partial charge in [-0.25, -0.2) is 0 Å². The summed E-state index contributed by atoms with van der Waals surface area (Å²) < 4.78 is 7.07. The highest BCUT2D eigenvalue weighted by Gasteiger charge is 2.42. The molecule has 1 aromatic carbocycles. The minimum absolute atomic E-state index is 0.0256. The van der Waals surface area contributed by atoms with Crippen molar-refractivity contribution in [3.63, 3.8) is 0 Å². The smallest absolute Gasteiger partial charge is 0.289 e. The molecule has 0 bridgehead atoms. The van der Waals surface area contributed by atoms with E-state index in [9.17, 15) is 9.59 Å². The van der Waals surface area contributed by atoms with Crippen LogP contribution in [0.5, 0.6) is 0 Å². The van der Waals surface area contributed by atoms with Gasteiger partial charge < -0.3 is 19.9 Å². The summed E-state index contributed by atoms with van der Waals surface area (Å²) in [5.41, 5.74) is 0.896. The Morgan fingerprint density at radius 3 is 2.81 bits per heavy atom. The molecule has 1 heterocycles. The van der Waals surface area contributed by atoms with Gasteiger partial charge in [-0.2, -0.15) is 0 Å². The monoisotopic (exact) mass is 491 g/mol. The molecule has 1 aliphatic heterocycles. The number of ether oxygens (including phenoxy) is 1. The lowest BCUT2D eigenvalue weighted by molar-refractivity contribution is -0.151. The Kier molecular flexibility index (Phi) is 8.96. The van der Waals surface area contributed by atoms with E-state index in [-0.39, 0.29) is 30.5 Å². The average Bonchev–Trinajstić information content (AvgIpc) is 2.77. The summed E-state index contributed by atoms with van der Waals surface area (Å²) in [4.78, 5) is 29.9. The van der Waals surface area contributed by atoms with Gasteiger partial charge >= 0.3 is 0 Å². The zero-order valence-electron chi connectivity index (χ0n) is 18.6. The number of carbonyl (C=O) groups is 2. The molecule has 1 N–H and O–H groups in total. The third kappa shape index (κ3) is 6.56. The van der Waals surface area contributed by atoms with E-state index in [1.165, 1.54) is 0 Å². The first kappa shape index (κ1) is 23.8. The number of nitrogens with one attached hydrogen (secondary N) is 1. The molecule has 0 radical (unpaired) electrons. The van der Waals surface area contributed by atoms with Gasteiger partial charge in [0.25, 0.3) is 5.91 Å². The van der Waals surface area contributed by atoms with Crippen LogP contribution >= 0.6 is 15.9 Å². The minimum Gasteiger partial charge on any atom is -0.482 e. The summed E-state index contributed by atoms with van der Waals surface area (Å²) in [6.45, 7) is 8.00. The van der Waals surface area contributed by atoms with Crippen LogP contribution in [-0.4, -0.2) is 66.5 Å². The summed E-state index contributed by atoms with van der Waals surface area (Å²) in [6.07, 6.45) is 6.60. The second kappa shape index (κ2) is 11.7. The summed E-state index contributed by atoms with van der Waals surface area (Å²) >= 11 is 3.47. The van der Waals surface area contributed by atoms with Gasteiger partial charge in [0.1, 0.15) is 12.6 Å². The molecule has 7 heteroatoms. The van der Waals surface area contributed by atoms with Gasteiger partial charge in [-0.3, -0.25) is 9.59 Å². The Labute approximate surface area is 194 Å². The van der Waals surface area contributed by atoms with E-state index in [1.54, 1.807) is 11.0 Å². The molecule has 31 heavy (non-hydrogen) atoms. The van der Waals surface area contributed by atoms with Crippen molar-refractivity contribution in [2.75, 3.05) is 32.7 Å². The standard InChI is InChI=1S/C24H34BrN3O3/c1-3-27(4-2)14-8-13-26-23(29)17-28-20-11-5-6-12-21(20)31-22(24(28)30)16-18-9-7-10-19(25)15-18/h7,9-10,15-16,20-21H,3-6,8,11-14,17H2,1-2H3,(H,26,29)/b22-16+. The molecule has 170 valence electrons. The number of benzene rings is 1. The molecular weight excluding hydrogens is 458 g/mol. The summed E-state index contributed by atoms with van der Waals surface area (Å²) in [6, 6.07) is 7.73. The Morgan fingerprint density at radius 2 is 2.06 bits per heavy atom. The second-order valence-corrected chi connectivity index (χ2v) is 9.15. The van der Waals surface area contributed by atoms with Gasteiger partial charge in [0.15, 0.2) is 5.76 Å². The number of carbonyl (C=O) groups excluding carboxylic acids is 2. The Morgan fingerprint density at radius 1 is 1.29 bits per heavy atom. The van der Waals surface area contributed by atoms with E-state index in [2.05, 4.69) is 40.0 Å². The van der Waals surface area contributed by atoms with Crippen molar-refractivity contribution in [3.8, 4) is 0 Å². The Hall–Kier alpha value is -1.86. The van der Waals surface area contributed by atoms with E-state index in [4.69, 9.17) is 4.74 Å². The van der Waals surface area contributed by atoms with Crippen molar-refractivity contribution in [3.05, 3.63) is 40.1 Å². The summed E-state index contributed by atoms with van der Waals surface area (Å²) in [5.74, 6) is 0.0397. The molecule has 6 nitrogen and oxygen atoms in total. The maximum atomic E-state index is 13.2. The molecule has 1 aliphatic carbocycles. The molecule has 1 saturated heterocycles. The van der Waals surface area contributed by atoms with Gasteiger partial charge in [-0.05, 0) is 69.1 Å². The molecule has 1 aromatic rings. The van der Waals surface area contributed by atoms with Gasteiger partial charge in [0.05, 0.1) is 6.04 Å². The highest BCUT2D eigenvalue weighted by molar-refractivity contribution is 9.10. The average molecular weight is 492 g/mol. The van der Waals surface area contributed by atoms with Gasteiger partial charge in [0.2, 0.25) is 5.91 Å². The first-order valence-electron chi connectivity index (χ1n) is 11.5. The van der Waals surface area contributed by atoms with E-state index >= 15 is 0 Å². The zero-order chi connectivity index (χ0) is 22.2. The molecule has 0 aromatic heterocycles. The number of hydrogen-bond acceptors (Lipinski definition) is 4. The van der Waals surface area contributed by atoms with Crippen molar-refractivity contribution in [2.45, 2.75) is 58.1 Å². The third-order valence-corrected chi connectivity index (χ3v) is 6.64. The summed E-state index contributed by atoms with van der Waals surface area (Å²) in [7, 11) is 0. The topological polar surface area (TPSA) is 61.9 Å². The maximum absolute atomic E-state index is 13.2. The number of hydrogen-bond donors (Lipinski definition) is 1. The maximum Gasteiger partial charge on any atom is 0.289 e. The molecule has 2 fully saturated rings. The fourth-order valence-electron chi connectivity index (χ4n) is 4.39. The van der Waals surface area contributed by atoms with Crippen LogP contribution in [0, 0.1) is 0 Å². The van der Waals surface area contributed by atoms with Crippen molar-refractivity contribution < 1.29 is 14.3 Å². The lowest BCUT2D eigenvalue weighted by Crippen LogP contribution is -2.57. The zero-order valence-corrected chi connectivity index (χ0v) is 20.2. The van der Waals surface area contributed by atoms with E-state index < -0.39 is 0 Å². The SMILES string of the molecule is CCN(CC)CCCNC(=O)CN1C(=O)/C(=C\c2cccc(Br)c2)OC2CCCCC21. The van der Waals surface area contributed by atoms with Crippen LogP contribution < -0.4 is 5.32 Å². The van der Waals surface area contributed by atoms with Gasteiger partial charge in [-0.15, -0.1) is 0 Å². The number of fused-ring (bicyclic) bond motifs is 1. The normalized spacial score (nSPS) is 22.4. The second-order valence-electron chi connectivity index (χ2n) is 8.24. The lowest BCUT2D eigenvalue weighted by Gasteiger charge is -2.44. The van der Waals surface area contributed by atoms with E-state index in [1.807, 2.05) is 24.3 Å². The molecule has 3 rings (SSSR count). The van der Waals surface area contributed by atoms with Crippen molar-refractivity contribution in [1.82, 2.24) is 15.1 Å². The largest absolute Gasteiger partial charge is 0.482 e.